The number of thiophene rings is 1. The second-order valence-corrected chi connectivity index (χ2v) is 6.94. The first-order chi connectivity index (χ1) is 10.1. The van der Waals surface area contributed by atoms with Crippen molar-refractivity contribution in [3.8, 4) is 0 Å². The number of halogens is 2. The van der Waals surface area contributed by atoms with E-state index >= 15 is 0 Å². The Morgan fingerprint density at radius 2 is 2.29 bits per heavy atom. The highest BCUT2D eigenvalue weighted by molar-refractivity contribution is 9.11. The number of aromatic nitrogens is 2. The monoisotopic (exact) mass is 368 g/mol. The molecule has 0 bridgehead atoms. The second kappa shape index (κ2) is 5.57. The van der Waals surface area contributed by atoms with Crippen LogP contribution in [0.1, 0.15) is 15.2 Å². The third-order valence-electron chi connectivity index (χ3n) is 3.04. The summed E-state index contributed by atoms with van der Waals surface area (Å²) in [7, 11) is 1.27. The fraction of sp³-hybridized carbons (Fsp3) is 0.143. The Balaban J connectivity index is 2.13. The minimum atomic E-state index is -0.575. The van der Waals surface area contributed by atoms with Crippen molar-refractivity contribution in [2.24, 2.45) is 0 Å². The van der Waals surface area contributed by atoms with Crippen molar-refractivity contribution in [2.45, 2.75) is 6.54 Å². The Hall–Kier alpha value is -1.73. The minimum absolute atomic E-state index is 0.181. The van der Waals surface area contributed by atoms with E-state index in [2.05, 4.69) is 21.0 Å². The van der Waals surface area contributed by atoms with Crippen LogP contribution in [0.15, 0.2) is 34.2 Å². The molecule has 0 spiro atoms. The Labute approximate surface area is 132 Å². The van der Waals surface area contributed by atoms with Gasteiger partial charge in [0.1, 0.15) is 5.82 Å². The van der Waals surface area contributed by atoms with E-state index in [1.807, 2.05) is 12.1 Å². The lowest BCUT2D eigenvalue weighted by atomic mass is 10.1. The largest absolute Gasteiger partial charge is 0.465 e. The van der Waals surface area contributed by atoms with Gasteiger partial charge in [0.2, 0.25) is 0 Å². The molecule has 0 fully saturated rings. The van der Waals surface area contributed by atoms with Crippen LogP contribution < -0.4 is 0 Å². The average Bonchev–Trinajstić information content (AvgIpc) is 3.04. The van der Waals surface area contributed by atoms with E-state index in [-0.39, 0.29) is 5.56 Å². The van der Waals surface area contributed by atoms with Crippen LogP contribution in [0.2, 0.25) is 0 Å². The summed E-state index contributed by atoms with van der Waals surface area (Å²) in [5.41, 5.74) is 0.758. The molecule has 0 aliphatic rings. The predicted molar refractivity (Wildman–Crippen MR) is 82.2 cm³/mol. The van der Waals surface area contributed by atoms with Gasteiger partial charge >= 0.3 is 5.97 Å². The number of ether oxygens (including phenoxy) is 1. The van der Waals surface area contributed by atoms with E-state index in [0.29, 0.717) is 17.4 Å². The first-order valence-corrected chi connectivity index (χ1v) is 7.67. The van der Waals surface area contributed by atoms with Gasteiger partial charge in [0, 0.05) is 10.3 Å². The molecule has 0 aliphatic carbocycles. The smallest absolute Gasteiger partial charge is 0.340 e. The molecule has 21 heavy (non-hydrogen) atoms. The molecule has 1 aromatic carbocycles. The van der Waals surface area contributed by atoms with Crippen LogP contribution in [0.5, 0.6) is 0 Å². The van der Waals surface area contributed by atoms with E-state index in [1.165, 1.54) is 19.2 Å². The predicted octanol–water partition coefficient (Wildman–Crippen LogP) is 3.83. The minimum Gasteiger partial charge on any atom is -0.465 e. The highest BCUT2D eigenvalue weighted by atomic mass is 79.9. The second-order valence-electron chi connectivity index (χ2n) is 4.39. The summed E-state index contributed by atoms with van der Waals surface area (Å²) < 4.78 is 21.0. The summed E-state index contributed by atoms with van der Waals surface area (Å²) in [6, 6.07) is 6.46. The highest BCUT2D eigenvalue weighted by Gasteiger charge is 2.17. The molecule has 4 nitrogen and oxygen atoms in total. The molecule has 0 radical (unpaired) electrons. The van der Waals surface area contributed by atoms with Crippen LogP contribution in [0.25, 0.3) is 10.9 Å². The lowest BCUT2D eigenvalue weighted by molar-refractivity contribution is 0.0602. The number of hydrogen-bond acceptors (Lipinski definition) is 4. The van der Waals surface area contributed by atoms with Crippen molar-refractivity contribution in [3.63, 3.8) is 0 Å². The number of fused-ring (bicyclic) bond motifs is 1. The first-order valence-electron chi connectivity index (χ1n) is 6.06. The van der Waals surface area contributed by atoms with Crippen molar-refractivity contribution < 1.29 is 13.9 Å². The molecule has 3 aromatic rings. The molecule has 3 rings (SSSR count). The fourth-order valence-corrected chi connectivity index (χ4v) is 3.63. The molecular weight excluding hydrogens is 359 g/mol. The Morgan fingerprint density at radius 1 is 1.48 bits per heavy atom. The van der Waals surface area contributed by atoms with E-state index in [9.17, 15) is 9.18 Å². The van der Waals surface area contributed by atoms with Crippen molar-refractivity contribution in [2.75, 3.05) is 7.11 Å². The van der Waals surface area contributed by atoms with Gasteiger partial charge in [-0.2, -0.15) is 5.10 Å². The van der Waals surface area contributed by atoms with E-state index in [4.69, 9.17) is 4.74 Å². The number of rotatable bonds is 3. The zero-order chi connectivity index (χ0) is 15.0. The summed E-state index contributed by atoms with van der Waals surface area (Å²) >= 11 is 4.99. The van der Waals surface area contributed by atoms with E-state index < -0.39 is 11.8 Å². The molecule has 7 heteroatoms. The molecule has 0 aliphatic heterocycles. The van der Waals surface area contributed by atoms with Gasteiger partial charge in [-0.05, 0) is 40.2 Å². The SMILES string of the molecule is COC(=O)c1cc(F)cc2cnn(Cc3ccc(Br)s3)c12. The third kappa shape index (κ3) is 2.71. The Kier molecular flexibility index (Phi) is 3.77. The average molecular weight is 369 g/mol. The maximum atomic E-state index is 13.6. The zero-order valence-corrected chi connectivity index (χ0v) is 13.4. The van der Waals surface area contributed by atoms with Gasteiger partial charge in [-0.15, -0.1) is 11.3 Å². The number of esters is 1. The number of carbonyl (C=O) groups is 1. The van der Waals surface area contributed by atoms with E-state index in [0.717, 1.165) is 8.66 Å². The standard InChI is InChI=1S/C14H10BrFN2O2S/c1-20-14(19)11-5-9(16)4-8-6-17-18(13(8)11)7-10-2-3-12(15)21-10/h2-6H,7H2,1H3. The van der Waals surface area contributed by atoms with Crippen molar-refractivity contribution in [1.82, 2.24) is 9.78 Å². The molecule has 0 N–H and O–H groups in total. The van der Waals surface area contributed by atoms with Crippen molar-refractivity contribution in [3.05, 3.63) is 50.5 Å². The van der Waals surface area contributed by atoms with Gasteiger partial charge in [0.25, 0.3) is 0 Å². The van der Waals surface area contributed by atoms with Gasteiger partial charge in [0.15, 0.2) is 0 Å². The number of hydrogen-bond donors (Lipinski definition) is 0. The number of benzene rings is 1. The van der Waals surface area contributed by atoms with Gasteiger partial charge in [0.05, 0.1) is 34.7 Å². The lowest BCUT2D eigenvalue weighted by Crippen LogP contribution is -2.08. The van der Waals surface area contributed by atoms with Crippen LogP contribution in [-0.2, 0) is 11.3 Å². The maximum Gasteiger partial charge on any atom is 0.340 e. The summed E-state index contributed by atoms with van der Waals surface area (Å²) in [5, 5.41) is 4.83. The molecule has 0 unspecified atom stereocenters. The van der Waals surface area contributed by atoms with Crippen LogP contribution in [0.3, 0.4) is 0 Å². The molecule has 0 saturated heterocycles. The summed E-state index contributed by atoms with van der Waals surface area (Å²) in [6.07, 6.45) is 1.55. The zero-order valence-electron chi connectivity index (χ0n) is 11.0. The Morgan fingerprint density at radius 3 is 2.95 bits per heavy atom. The molecule has 108 valence electrons. The maximum absolute atomic E-state index is 13.6. The molecule has 2 heterocycles. The van der Waals surface area contributed by atoms with Gasteiger partial charge in [-0.25, -0.2) is 9.18 Å². The van der Waals surface area contributed by atoms with Gasteiger partial charge in [-0.3, -0.25) is 4.68 Å². The summed E-state index contributed by atoms with van der Waals surface area (Å²) in [6.45, 7) is 0.509. The van der Waals surface area contributed by atoms with Crippen LogP contribution in [-0.4, -0.2) is 22.9 Å². The molecule has 0 saturated carbocycles. The van der Waals surface area contributed by atoms with Crippen molar-refractivity contribution >= 4 is 44.1 Å². The van der Waals surface area contributed by atoms with Crippen molar-refractivity contribution in [1.29, 1.82) is 0 Å². The molecule has 0 atom stereocenters. The number of nitrogens with zero attached hydrogens (tertiary/aromatic N) is 2. The fourth-order valence-electron chi connectivity index (χ4n) is 2.17. The molecular formula is C14H10BrFN2O2S. The van der Waals surface area contributed by atoms with Crippen LogP contribution >= 0.6 is 27.3 Å². The normalized spacial score (nSPS) is 11.0. The summed E-state index contributed by atoms with van der Waals surface area (Å²) in [5.74, 6) is -1.06. The third-order valence-corrected chi connectivity index (χ3v) is 4.65. The van der Waals surface area contributed by atoms with Gasteiger partial charge < -0.3 is 4.74 Å². The topological polar surface area (TPSA) is 44.1 Å². The van der Waals surface area contributed by atoms with E-state index in [1.54, 1.807) is 22.2 Å². The van der Waals surface area contributed by atoms with Gasteiger partial charge in [-0.1, -0.05) is 0 Å². The lowest BCUT2D eigenvalue weighted by Gasteiger charge is -2.06. The van der Waals surface area contributed by atoms with Crippen LogP contribution in [0.4, 0.5) is 4.39 Å². The number of carbonyl (C=O) groups excluding carboxylic acids is 1. The highest BCUT2D eigenvalue weighted by Crippen LogP contribution is 2.26. The molecule has 2 aromatic heterocycles. The number of methoxy groups -OCH3 is 1. The quantitative estimate of drug-likeness (QED) is 0.659. The van der Waals surface area contributed by atoms with Crippen LogP contribution in [0, 0.1) is 5.82 Å². The summed E-state index contributed by atoms with van der Waals surface area (Å²) in [4.78, 5) is 12.9. The molecule has 0 amide bonds. The Bertz CT molecular complexity index is 828. The first kappa shape index (κ1) is 14.2.